The van der Waals surface area contributed by atoms with Crippen LogP contribution >= 0.6 is 0 Å². The van der Waals surface area contributed by atoms with Crippen LogP contribution in [0.15, 0.2) is 18.5 Å². The topological polar surface area (TPSA) is 52.3 Å². The fraction of sp³-hybridized carbons (Fsp3) is 0.500. The van der Waals surface area contributed by atoms with Gasteiger partial charge >= 0.3 is 0 Å². The van der Waals surface area contributed by atoms with Gasteiger partial charge in [0.05, 0.1) is 24.1 Å². The highest BCUT2D eigenvalue weighted by Crippen LogP contribution is 2.41. The highest BCUT2D eigenvalue weighted by atomic mass is 19.1. The molecule has 29 heavy (non-hydrogen) atoms. The van der Waals surface area contributed by atoms with E-state index in [4.69, 9.17) is 4.74 Å². The predicted octanol–water partition coefficient (Wildman–Crippen LogP) is 5.47. The fourth-order valence-electron chi connectivity index (χ4n) is 4.44. The van der Waals surface area contributed by atoms with Gasteiger partial charge in [-0.2, -0.15) is 10.1 Å². The van der Waals surface area contributed by atoms with Crippen LogP contribution in [0.5, 0.6) is 5.75 Å². The van der Waals surface area contributed by atoms with Gasteiger partial charge in [0.1, 0.15) is 23.7 Å². The highest BCUT2D eigenvalue weighted by Gasteiger charge is 2.29. The maximum Gasteiger partial charge on any atom is 0.252 e. The summed E-state index contributed by atoms with van der Waals surface area (Å²) >= 11 is 0. The Bertz CT molecular complexity index is 986. The zero-order valence-electron chi connectivity index (χ0n) is 16.9. The number of aryl methyl sites for hydroxylation is 1. The molecule has 7 heteroatoms. The summed E-state index contributed by atoms with van der Waals surface area (Å²) in [7, 11) is 1.40. The molecule has 1 aromatic carbocycles. The number of nitrogens with zero attached hydrogens (tertiary/aromatic N) is 4. The van der Waals surface area contributed by atoms with E-state index in [1.807, 2.05) is 6.92 Å². The molecule has 0 amide bonds. The molecule has 0 radical (unpaired) electrons. The van der Waals surface area contributed by atoms with Crippen LogP contribution in [0.2, 0.25) is 0 Å². The molecule has 0 bridgehead atoms. The second-order valence-corrected chi connectivity index (χ2v) is 7.70. The van der Waals surface area contributed by atoms with E-state index in [9.17, 15) is 0 Å². The molecule has 1 saturated carbocycles. The summed E-state index contributed by atoms with van der Waals surface area (Å²) in [4.78, 5) is 8.91. The Kier molecular flexibility index (Phi) is 5.74. The van der Waals surface area contributed by atoms with E-state index in [2.05, 4.69) is 15.1 Å². The van der Waals surface area contributed by atoms with Crippen molar-refractivity contribution < 1.29 is 13.5 Å². The van der Waals surface area contributed by atoms with Crippen molar-refractivity contribution in [2.75, 3.05) is 7.11 Å². The third kappa shape index (κ3) is 3.70. The molecular formula is C22H26F2N4O. The minimum absolute atomic E-state index is 0.0432. The van der Waals surface area contributed by atoms with Gasteiger partial charge in [0, 0.05) is 23.6 Å². The summed E-state index contributed by atoms with van der Waals surface area (Å²) in [5.41, 5.74) is 2.00. The largest absolute Gasteiger partial charge is 0.497 e. The molecule has 0 atom stereocenters. The van der Waals surface area contributed by atoms with Crippen molar-refractivity contribution in [3.8, 4) is 16.9 Å². The molecule has 1 fully saturated rings. The second kappa shape index (κ2) is 8.43. The number of aromatic nitrogens is 4. The summed E-state index contributed by atoms with van der Waals surface area (Å²) in [5, 5.41) is 4.38. The Hall–Kier alpha value is -2.57. The van der Waals surface area contributed by atoms with Gasteiger partial charge in [-0.1, -0.05) is 39.0 Å². The number of hydrogen-bond acceptors (Lipinski definition) is 4. The van der Waals surface area contributed by atoms with E-state index in [-0.39, 0.29) is 17.2 Å². The normalized spacial score (nSPS) is 15.6. The van der Waals surface area contributed by atoms with Crippen molar-refractivity contribution >= 4 is 5.78 Å². The molecule has 154 valence electrons. The lowest BCUT2D eigenvalue weighted by Crippen LogP contribution is -2.14. The van der Waals surface area contributed by atoms with Crippen LogP contribution < -0.4 is 4.74 Å². The molecule has 1 aliphatic carbocycles. The average molecular weight is 400 g/mol. The van der Waals surface area contributed by atoms with Crippen LogP contribution in [-0.4, -0.2) is 26.7 Å². The van der Waals surface area contributed by atoms with E-state index in [0.717, 1.165) is 37.8 Å². The third-order valence-corrected chi connectivity index (χ3v) is 5.77. The molecule has 0 saturated heterocycles. The van der Waals surface area contributed by atoms with Crippen molar-refractivity contribution in [2.24, 2.45) is 0 Å². The van der Waals surface area contributed by atoms with E-state index < -0.39 is 11.6 Å². The number of benzene rings is 1. The van der Waals surface area contributed by atoms with Crippen molar-refractivity contribution in [3.05, 3.63) is 41.5 Å². The summed E-state index contributed by atoms with van der Waals surface area (Å²) in [6.07, 6.45) is 9.39. The summed E-state index contributed by atoms with van der Waals surface area (Å²) in [6.45, 7) is 2.03. The van der Waals surface area contributed by atoms with Crippen LogP contribution in [0.25, 0.3) is 16.9 Å². The third-order valence-electron chi connectivity index (χ3n) is 5.77. The Labute approximate surface area is 169 Å². The SMILES string of the molecule is CCCc1nc2ncnn2c(C2CCCCCC2)c1-c1c(F)cc(OC)cc1F. The molecular weight excluding hydrogens is 374 g/mol. The van der Waals surface area contributed by atoms with Crippen molar-refractivity contribution in [1.82, 2.24) is 19.6 Å². The lowest BCUT2D eigenvalue weighted by Gasteiger charge is -2.22. The Morgan fingerprint density at radius 2 is 1.76 bits per heavy atom. The number of hydrogen-bond donors (Lipinski definition) is 0. The molecule has 1 aliphatic rings. The molecule has 3 aromatic rings. The van der Waals surface area contributed by atoms with Crippen LogP contribution in [0, 0.1) is 11.6 Å². The minimum atomic E-state index is -0.643. The number of fused-ring (bicyclic) bond motifs is 1. The van der Waals surface area contributed by atoms with E-state index in [1.54, 1.807) is 4.52 Å². The Morgan fingerprint density at radius 3 is 2.38 bits per heavy atom. The minimum Gasteiger partial charge on any atom is -0.497 e. The summed E-state index contributed by atoms with van der Waals surface area (Å²) < 4.78 is 37.1. The van der Waals surface area contributed by atoms with E-state index in [1.165, 1.54) is 38.4 Å². The van der Waals surface area contributed by atoms with Gasteiger partial charge < -0.3 is 4.74 Å². The first-order chi connectivity index (χ1) is 14.1. The summed E-state index contributed by atoms with van der Waals surface area (Å²) in [6, 6.07) is 2.47. The Morgan fingerprint density at radius 1 is 1.07 bits per heavy atom. The zero-order valence-corrected chi connectivity index (χ0v) is 16.9. The summed E-state index contributed by atoms with van der Waals surface area (Å²) in [5.74, 6) is -0.473. The zero-order chi connectivity index (χ0) is 20.4. The van der Waals surface area contributed by atoms with Crippen LogP contribution in [0.1, 0.15) is 69.2 Å². The van der Waals surface area contributed by atoms with Crippen LogP contribution in [-0.2, 0) is 6.42 Å². The van der Waals surface area contributed by atoms with Crippen molar-refractivity contribution in [2.45, 2.75) is 64.2 Å². The van der Waals surface area contributed by atoms with Crippen LogP contribution in [0.4, 0.5) is 8.78 Å². The molecule has 4 rings (SSSR count). The van der Waals surface area contributed by atoms with Crippen molar-refractivity contribution in [1.29, 1.82) is 0 Å². The molecule has 0 aliphatic heterocycles. The van der Waals surface area contributed by atoms with Gasteiger partial charge in [-0.15, -0.1) is 0 Å². The monoisotopic (exact) mass is 400 g/mol. The molecule has 0 spiro atoms. The Balaban J connectivity index is 2.03. The number of ether oxygens (including phenoxy) is 1. The van der Waals surface area contributed by atoms with Crippen LogP contribution in [0.3, 0.4) is 0 Å². The molecule has 2 heterocycles. The van der Waals surface area contributed by atoms with E-state index >= 15 is 8.78 Å². The smallest absolute Gasteiger partial charge is 0.252 e. The number of halogens is 2. The van der Waals surface area contributed by atoms with Gasteiger partial charge in [0.2, 0.25) is 0 Å². The lowest BCUT2D eigenvalue weighted by atomic mass is 9.88. The standard InChI is InChI=1S/C22H26F2N4O/c1-3-8-18-20(19-16(23)11-15(29-2)12-17(19)24)21(14-9-6-4-5-7-10-14)28-22(27-18)25-13-26-28/h11-14H,3-10H2,1-2H3. The van der Waals surface area contributed by atoms with Gasteiger partial charge in [-0.05, 0) is 19.3 Å². The predicted molar refractivity (Wildman–Crippen MR) is 107 cm³/mol. The first kappa shape index (κ1) is 19.7. The highest BCUT2D eigenvalue weighted by molar-refractivity contribution is 5.72. The molecule has 5 nitrogen and oxygen atoms in total. The number of rotatable bonds is 5. The fourth-order valence-corrected chi connectivity index (χ4v) is 4.44. The maximum absolute atomic E-state index is 15.2. The lowest BCUT2D eigenvalue weighted by molar-refractivity contribution is 0.407. The van der Waals surface area contributed by atoms with E-state index in [0.29, 0.717) is 23.5 Å². The maximum atomic E-state index is 15.2. The first-order valence-electron chi connectivity index (χ1n) is 10.4. The van der Waals surface area contributed by atoms with Crippen molar-refractivity contribution in [3.63, 3.8) is 0 Å². The van der Waals surface area contributed by atoms with Gasteiger partial charge in [-0.3, -0.25) is 0 Å². The molecule has 2 aromatic heterocycles. The van der Waals surface area contributed by atoms with Gasteiger partial charge in [-0.25, -0.2) is 18.3 Å². The molecule has 0 N–H and O–H groups in total. The average Bonchev–Trinajstić information content (AvgIpc) is 3.00. The number of methoxy groups -OCH3 is 1. The molecule has 0 unspecified atom stereocenters. The quantitative estimate of drug-likeness (QED) is 0.533. The second-order valence-electron chi connectivity index (χ2n) is 7.70. The first-order valence-corrected chi connectivity index (χ1v) is 10.4. The van der Waals surface area contributed by atoms with Gasteiger partial charge in [0.15, 0.2) is 0 Å². The van der Waals surface area contributed by atoms with Gasteiger partial charge in [0.25, 0.3) is 5.78 Å².